The highest BCUT2D eigenvalue weighted by molar-refractivity contribution is 6.24. The van der Waals surface area contributed by atoms with E-state index in [9.17, 15) is 0 Å². The molecular formula is C7H9Cl2NO. The largest absolute Gasteiger partial charge is 0.495 e. The molecule has 0 unspecified atom stereocenters. The van der Waals surface area contributed by atoms with Crippen molar-refractivity contribution in [1.29, 1.82) is 0 Å². The summed E-state index contributed by atoms with van der Waals surface area (Å²) in [5.74, 6) is 0.748. The summed E-state index contributed by atoms with van der Waals surface area (Å²) < 4.78 is 4.99. The SMILES string of the molecule is COc1ccccc1NCl.Cl. The van der Waals surface area contributed by atoms with E-state index in [-0.39, 0.29) is 12.4 Å². The van der Waals surface area contributed by atoms with E-state index in [1.54, 1.807) is 7.11 Å². The zero-order valence-electron chi connectivity index (χ0n) is 6.00. The monoisotopic (exact) mass is 193 g/mol. The maximum absolute atomic E-state index is 5.38. The molecule has 62 valence electrons. The standard InChI is InChI=1S/C7H8ClNO.ClH/c1-10-7-5-3-2-4-6(7)9-8;/h2-5,9H,1H3;1H. The third kappa shape index (κ3) is 2.48. The molecule has 0 aromatic heterocycles. The van der Waals surface area contributed by atoms with Crippen LogP contribution in [0.4, 0.5) is 5.69 Å². The van der Waals surface area contributed by atoms with E-state index in [1.165, 1.54) is 0 Å². The Balaban J connectivity index is 0.000001000. The summed E-state index contributed by atoms with van der Waals surface area (Å²) in [7, 11) is 1.60. The van der Waals surface area contributed by atoms with Crippen LogP contribution in [0.3, 0.4) is 0 Å². The Morgan fingerprint density at radius 3 is 2.45 bits per heavy atom. The van der Waals surface area contributed by atoms with Crippen molar-refractivity contribution in [2.24, 2.45) is 0 Å². The molecule has 0 aliphatic rings. The van der Waals surface area contributed by atoms with Crippen molar-refractivity contribution in [1.82, 2.24) is 0 Å². The van der Waals surface area contributed by atoms with Crippen LogP contribution < -0.4 is 9.57 Å². The Morgan fingerprint density at radius 1 is 1.36 bits per heavy atom. The smallest absolute Gasteiger partial charge is 0.143 e. The number of para-hydroxylation sites is 2. The fraction of sp³-hybridized carbons (Fsp3) is 0.143. The summed E-state index contributed by atoms with van der Waals surface area (Å²) in [5, 5.41) is 0. The summed E-state index contributed by atoms with van der Waals surface area (Å²) in [6.45, 7) is 0. The fourth-order valence-electron chi connectivity index (χ4n) is 0.723. The van der Waals surface area contributed by atoms with Crippen molar-refractivity contribution in [2.45, 2.75) is 0 Å². The average Bonchev–Trinajstić information content (AvgIpc) is 2.04. The molecule has 0 radical (unpaired) electrons. The molecule has 0 saturated heterocycles. The van der Waals surface area contributed by atoms with E-state index >= 15 is 0 Å². The van der Waals surface area contributed by atoms with Crippen LogP contribution in [0.2, 0.25) is 0 Å². The van der Waals surface area contributed by atoms with E-state index in [1.807, 2.05) is 24.3 Å². The normalized spacial score (nSPS) is 8.18. The van der Waals surface area contributed by atoms with Crippen molar-refractivity contribution in [3.8, 4) is 5.75 Å². The Labute approximate surface area is 77.0 Å². The van der Waals surface area contributed by atoms with Gasteiger partial charge in [0.2, 0.25) is 0 Å². The molecular weight excluding hydrogens is 185 g/mol. The van der Waals surface area contributed by atoms with Crippen LogP contribution in [0.15, 0.2) is 24.3 Å². The van der Waals surface area contributed by atoms with Crippen LogP contribution >= 0.6 is 24.2 Å². The van der Waals surface area contributed by atoms with Gasteiger partial charge in [-0.25, -0.2) is 0 Å². The Kier molecular flexibility index (Phi) is 4.83. The number of anilines is 1. The van der Waals surface area contributed by atoms with Gasteiger partial charge in [-0.3, -0.25) is 4.84 Å². The average molecular weight is 194 g/mol. The van der Waals surface area contributed by atoms with E-state index in [4.69, 9.17) is 16.5 Å². The van der Waals surface area contributed by atoms with Gasteiger partial charge in [-0.05, 0) is 12.1 Å². The van der Waals surface area contributed by atoms with Crippen LogP contribution in [0.1, 0.15) is 0 Å². The first-order valence-electron chi connectivity index (χ1n) is 2.88. The van der Waals surface area contributed by atoms with Gasteiger partial charge in [-0.1, -0.05) is 12.1 Å². The van der Waals surface area contributed by atoms with Gasteiger partial charge in [-0.2, -0.15) is 0 Å². The van der Waals surface area contributed by atoms with Crippen LogP contribution in [0.5, 0.6) is 5.75 Å². The van der Waals surface area contributed by atoms with Crippen molar-refractivity contribution in [3.05, 3.63) is 24.3 Å². The first-order chi connectivity index (χ1) is 4.88. The fourth-order valence-corrected chi connectivity index (χ4v) is 0.879. The van der Waals surface area contributed by atoms with Crippen LogP contribution in [-0.2, 0) is 0 Å². The molecule has 0 saturated carbocycles. The molecule has 0 bridgehead atoms. The lowest BCUT2D eigenvalue weighted by molar-refractivity contribution is 0.417. The Morgan fingerprint density at radius 2 is 2.00 bits per heavy atom. The summed E-state index contributed by atoms with van der Waals surface area (Å²) >= 11 is 5.38. The number of hydrogen-bond donors (Lipinski definition) is 1. The zero-order valence-corrected chi connectivity index (χ0v) is 7.58. The minimum absolute atomic E-state index is 0. The van der Waals surface area contributed by atoms with Crippen molar-refractivity contribution >= 4 is 29.9 Å². The van der Waals surface area contributed by atoms with Gasteiger partial charge in [0.25, 0.3) is 0 Å². The molecule has 1 aromatic carbocycles. The Bertz CT molecular complexity index is 194. The molecule has 0 fully saturated rings. The Hall–Kier alpha value is -0.600. The second-order valence-electron chi connectivity index (χ2n) is 1.79. The summed E-state index contributed by atoms with van der Waals surface area (Å²) in [6, 6.07) is 7.44. The van der Waals surface area contributed by atoms with Gasteiger partial charge >= 0.3 is 0 Å². The van der Waals surface area contributed by atoms with Gasteiger partial charge in [0, 0.05) is 11.8 Å². The highest BCUT2D eigenvalue weighted by Gasteiger charge is 1.96. The van der Waals surface area contributed by atoms with E-state index < -0.39 is 0 Å². The molecule has 4 heteroatoms. The van der Waals surface area contributed by atoms with Crippen molar-refractivity contribution in [3.63, 3.8) is 0 Å². The molecule has 0 spiro atoms. The molecule has 0 aliphatic heterocycles. The first kappa shape index (κ1) is 10.4. The predicted octanol–water partition coefficient (Wildman–Crippen LogP) is 2.68. The number of ether oxygens (including phenoxy) is 1. The molecule has 1 aromatic rings. The molecule has 1 N–H and O–H groups in total. The maximum atomic E-state index is 5.38. The zero-order chi connectivity index (χ0) is 7.40. The minimum atomic E-state index is 0. The molecule has 0 aliphatic carbocycles. The summed E-state index contributed by atoms with van der Waals surface area (Å²) in [4.78, 5) is 2.49. The molecule has 11 heavy (non-hydrogen) atoms. The van der Waals surface area contributed by atoms with Crippen molar-refractivity contribution < 1.29 is 4.74 Å². The lowest BCUT2D eigenvalue weighted by atomic mass is 10.3. The second-order valence-corrected chi connectivity index (χ2v) is 1.98. The topological polar surface area (TPSA) is 21.3 Å². The third-order valence-electron chi connectivity index (χ3n) is 1.21. The van der Waals surface area contributed by atoms with Gasteiger partial charge in [0.15, 0.2) is 0 Å². The number of benzene rings is 1. The molecule has 1 rings (SSSR count). The number of hydrogen-bond acceptors (Lipinski definition) is 2. The number of methoxy groups -OCH3 is 1. The third-order valence-corrected chi connectivity index (χ3v) is 1.41. The molecule has 0 amide bonds. The maximum Gasteiger partial charge on any atom is 0.143 e. The summed E-state index contributed by atoms with van der Waals surface area (Å²) in [5.41, 5.74) is 0.784. The first-order valence-corrected chi connectivity index (χ1v) is 3.26. The van der Waals surface area contributed by atoms with Crippen LogP contribution in [0, 0.1) is 0 Å². The molecule has 2 nitrogen and oxygen atoms in total. The quantitative estimate of drug-likeness (QED) is 0.730. The van der Waals surface area contributed by atoms with E-state index in [0.29, 0.717) is 0 Å². The highest BCUT2D eigenvalue weighted by atomic mass is 35.5. The molecule has 0 heterocycles. The minimum Gasteiger partial charge on any atom is -0.495 e. The van der Waals surface area contributed by atoms with E-state index in [0.717, 1.165) is 11.4 Å². The van der Waals surface area contributed by atoms with Crippen LogP contribution in [0.25, 0.3) is 0 Å². The lowest BCUT2D eigenvalue weighted by Gasteiger charge is -2.03. The van der Waals surface area contributed by atoms with E-state index in [2.05, 4.69) is 4.84 Å². The lowest BCUT2D eigenvalue weighted by Crippen LogP contribution is -1.87. The van der Waals surface area contributed by atoms with Gasteiger partial charge in [0.05, 0.1) is 12.8 Å². The highest BCUT2D eigenvalue weighted by Crippen LogP contribution is 2.23. The van der Waals surface area contributed by atoms with Gasteiger partial charge in [-0.15, -0.1) is 12.4 Å². The second kappa shape index (κ2) is 5.10. The van der Waals surface area contributed by atoms with Gasteiger partial charge < -0.3 is 4.74 Å². The predicted molar refractivity (Wildman–Crippen MR) is 49.7 cm³/mol. The summed E-state index contributed by atoms with van der Waals surface area (Å²) in [6.07, 6.45) is 0. The van der Waals surface area contributed by atoms with Crippen molar-refractivity contribution in [2.75, 3.05) is 11.9 Å². The number of nitrogens with one attached hydrogen (secondary N) is 1. The number of halogens is 2. The molecule has 0 atom stereocenters. The number of rotatable bonds is 2. The van der Waals surface area contributed by atoms with Gasteiger partial charge in [0.1, 0.15) is 5.75 Å². The van der Waals surface area contributed by atoms with Crippen LogP contribution in [-0.4, -0.2) is 7.11 Å².